The minimum Gasteiger partial charge on any atom is -0.481 e. The van der Waals surface area contributed by atoms with Crippen LogP contribution < -0.4 is 0 Å². The van der Waals surface area contributed by atoms with Crippen LogP contribution in [0.2, 0.25) is 0 Å². The summed E-state index contributed by atoms with van der Waals surface area (Å²) in [5, 5.41) is 19.6. The summed E-state index contributed by atoms with van der Waals surface area (Å²) in [6.07, 6.45) is 11.6. The summed E-state index contributed by atoms with van der Waals surface area (Å²) in [6.45, 7) is 4.82. The van der Waals surface area contributed by atoms with Gasteiger partial charge in [-0.15, -0.1) is 0 Å². The maximum Gasteiger partial charge on any atom is 0.307 e. The Hall–Kier alpha value is -0.830. The van der Waals surface area contributed by atoms with Crippen molar-refractivity contribution in [2.45, 2.75) is 77.7 Å². The fourth-order valence-electron chi connectivity index (χ4n) is 7.26. The van der Waals surface area contributed by atoms with E-state index < -0.39 is 5.97 Å². The number of carbonyl (C=O) groups is 1. The Kier molecular flexibility index (Phi) is 3.87. The Labute approximate surface area is 145 Å². The van der Waals surface area contributed by atoms with Crippen LogP contribution in [0.4, 0.5) is 0 Å². The van der Waals surface area contributed by atoms with Gasteiger partial charge >= 0.3 is 5.97 Å². The first kappa shape index (κ1) is 16.6. The highest BCUT2D eigenvalue weighted by Gasteiger charge is 2.59. The molecule has 0 aromatic heterocycles. The van der Waals surface area contributed by atoms with E-state index in [2.05, 4.69) is 19.9 Å². The summed E-state index contributed by atoms with van der Waals surface area (Å²) in [5.41, 5.74) is 1.66. The van der Waals surface area contributed by atoms with Crippen molar-refractivity contribution in [2.75, 3.05) is 0 Å². The third-order valence-corrected chi connectivity index (χ3v) is 8.73. The number of hydrogen-bond acceptors (Lipinski definition) is 2. The summed E-state index contributed by atoms with van der Waals surface area (Å²) in [4.78, 5) is 11.1. The quantitative estimate of drug-likeness (QED) is 0.737. The van der Waals surface area contributed by atoms with Gasteiger partial charge in [0.05, 0.1) is 12.5 Å². The molecule has 134 valence electrons. The molecule has 4 aliphatic rings. The Morgan fingerprint density at radius 1 is 1.12 bits per heavy atom. The van der Waals surface area contributed by atoms with E-state index in [-0.39, 0.29) is 17.9 Å². The van der Waals surface area contributed by atoms with Crippen LogP contribution in [0.5, 0.6) is 0 Å². The average Bonchev–Trinajstić information content (AvgIpc) is 2.83. The van der Waals surface area contributed by atoms with Crippen LogP contribution >= 0.6 is 0 Å². The first-order valence-corrected chi connectivity index (χ1v) is 9.92. The third kappa shape index (κ3) is 2.30. The van der Waals surface area contributed by atoms with Gasteiger partial charge in [-0.05, 0) is 85.9 Å². The van der Waals surface area contributed by atoms with Crippen LogP contribution in [-0.4, -0.2) is 22.3 Å². The molecule has 3 fully saturated rings. The zero-order chi connectivity index (χ0) is 17.1. The first-order chi connectivity index (χ1) is 11.3. The molecule has 7 atom stereocenters. The number of fused-ring (bicyclic) bond motifs is 5. The van der Waals surface area contributed by atoms with Crippen molar-refractivity contribution in [3.8, 4) is 0 Å². The van der Waals surface area contributed by atoms with Crippen LogP contribution in [-0.2, 0) is 4.79 Å². The molecule has 2 N–H and O–H groups in total. The predicted molar refractivity (Wildman–Crippen MR) is 93.5 cm³/mol. The van der Waals surface area contributed by atoms with E-state index in [1.54, 1.807) is 0 Å². The molecule has 3 nitrogen and oxygen atoms in total. The van der Waals surface area contributed by atoms with Crippen molar-refractivity contribution < 1.29 is 15.0 Å². The van der Waals surface area contributed by atoms with Gasteiger partial charge in [-0.2, -0.15) is 0 Å². The van der Waals surface area contributed by atoms with E-state index in [9.17, 15) is 9.90 Å². The van der Waals surface area contributed by atoms with Crippen molar-refractivity contribution in [2.24, 2.45) is 34.5 Å². The lowest BCUT2D eigenvalue weighted by atomic mass is 9.45. The molecule has 4 rings (SSSR count). The number of aliphatic hydroxyl groups is 1. The standard InChI is InChI=1S/C21H32O3/c1-20-9-7-13(12-19(23)24)11-14(20)3-4-15-16-5-6-18(22)21(16,2)10-8-17(15)20/h7,14-18,22H,3-6,8-12H2,1-2H3,(H,23,24). The van der Waals surface area contributed by atoms with Crippen molar-refractivity contribution >= 4 is 5.97 Å². The molecule has 4 aliphatic carbocycles. The summed E-state index contributed by atoms with van der Waals surface area (Å²) in [7, 11) is 0. The molecule has 7 unspecified atom stereocenters. The van der Waals surface area contributed by atoms with E-state index in [1.807, 2.05) is 0 Å². The Bertz CT molecular complexity index is 567. The summed E-state index contributed by atoms with van der Waals surface area (Å²) in [6, 6.07) is 0. The number of aliphatic hydroxyl groups excluding tert-OH is 1. The highest BCUT2D eigenvalue weighted by molar-refractivity contribution is 5.70. The Balaban J connectivity index is 1.58. The molecule has 0 bridgehead atoms. The number of carboxylic acids is 1. The van der Waals surface area contributed by atoms with E-state index in [1.165, 1.54) is 32.1 Å². The lowest BCUT2D eigenvalue weighted by molar-refractivity contribution is -0.136. The van der Waals surface area contributed by atoms with Gasteiger partial charge < -0.3 is 10.2 Å². The predicted octanol–water partition coefficient (Wildman–Crippen LogP) is 4.40. The molecule has 0 aliphatic heterocycles. The smallest absolute Gasteiger partial charge is 0.307 e. The second-order valence-electron chi connectivity index (χ2n) is 9.64. The van der Waals surface area contributed by atoms with Crippen molar-refractivity contribution in [1.29, 1.82) is 0 Å². The summed E-state index contributed by atoms with van der Waals surface area (Å²) >= 11 is 0. The van der Waals surface area contributed by atoms with E-state index in [4.69, 9.17) is 5.11 Å². The maximum absolute atomic E-state index is 11.1. The van der Waals surface area contributed by atoms with Crippen LogP contribution in [0.3, 0.4) is 0 Å². The second kappa shape index (κ2) is 5.59. The summed E-state index contributed by atoms with van der Waals surface area (Å²) in [5.74, 6) is 2.22. The molecule has 0 amide bonds. The molecule has 3 saturated carbocycles. The molecule has 0 aromatic carbocycles. The number of allylic oxidation sites excluding steroid dienone is 1. The lowest BCUT2D eigenvalue weighted by Crippen LogP contribution is -2.53. The molecular formula is C21H32O3. The van der Waals surface area contributed by atoms with E-state index >= 15 is 0 Å². The molecule has 0 heterocycles. The lowest BCUT2D eigenvalue weighted by Gasteiger charge is -2.59. The number of hydrogen-bond donors (Lipinski definition) is 2. The van der Waals surface area contributed by atoms with Gasteiger partial charge in [0.15, 0.2) is 0 Å². The molecule has 3 heteroatoms. The normalized spacial score (nSPS) is 50.5. The third-order valence-electron chi connectivity index (χ3n) is 8.73. The van der Waals surface area contributed by atoms with Gasteiger partial charge in [0, 0.05) is 0 Å². The van der Waals surface area contributed by atoms with Gasteiger partial charge in [0.2, 0.25) is 0 Å². The van der Waals surface area contributed by atoms with Crippen LogP contribution in [0, 0.1) is 34.5 Å². The highest BCUT2D eigenvalue weighted by Crippen LogP contribution is 2.66. The van der Waals surface area contributed by atoms with E-state index in [0.29, 0.717) is 17.3 Å². The molecule has 0 saturated heterocycles. The monoisotopic (exact) mass is 332 g/mol. The Morgan fingerprint density at radius 2 is 1.88 bits per heavy atom. The molecule has 0 spiro atoms. The van der Waals surface area contributed by atoms with Gasteiger partial charge in [-0.1, -0.05) is 25.5 Å². The van der Waals surface area contributed by atoms with Crippen molar-refractivity contribution in [1.82, 2.24) is 0 Å². The fourth-order valence-corrected chi connectivity index (χ4v) is 7.26. The van der Waals surface area contributed by atoms with Crippen molar-refractivity contribution in [3.63, 3.8) is 0 Å². The van der Waals surface area contributed by atoms with Crippen molar-refractivity contribution in [3.05, 3.63) is 11.6 Å². The number of rotatable bonds is 2. The fraction of sp³-hybridized carbons (Fsp3) is 0.857. The zero-order valence-electron chi connectivity index (χ0n) is 15.1. The van der Waals surface area contributed by atoms with Gasteiger partial charge in [-0.25, -0.2) is 0 Å². The molecule has 0 radical (unpaired) electrons. The Morgan fingerprint density at radius 3 is 2.62 bits per heavy atom. The molecule has 0 aromatic rings. The first-order valence-electron chi connectivity index (χ1n) is 9.92. The van der Waals surface area contributed by atoms with Crippen LogP contribution in [0.15, 0.2) is 11.6 Å². The van der Waals surface area contributed by atoms with Crippen LogP contribution in [0.1, 0.15) is 71.6 Å². The largest absolute Gasteiger partial charge is 0.481 e. The van der Waals surface area contributed by atoms with E-state index in [0.717, 1.165) is 36.7 Å². The minimum absolute atomic E-state index is 0.0950. The molecule has 24 heavy (non-hydrogen) atoms. The molecular weight excluding hydrogens is 300 g/mol. The van der Waals surface area contributed by atoms with Gasteiger partial charge in [0.1, 0.15) is 0 Å². The average molecular weight is 332 g/mol. The second-order valence-corrected chi connectivity index (χ2v) is 9.64. The highest BCUT2D eigenvalue weighted by atomic mass is 16.4. The number of aliphatic carboxylic acids is 1. The van der Waals surface area contributed by atoms with Gasteiger partial charge in [0.25, 0.3) is 0 Å². The van der Waals surface area contributed by atoms with Gasteiger partial charge in [-0.3, -0.25) is 4.79 Å². The number of carboxylic acid groups (broad SMARTS) is 1. The topological polar surface area (TPSA) is 57.5 Å². The van der Waals surface area contributed by atoms with Crippen LogP contribution in [0.25, 0.3) is 0 Å². The minimum atomic E-state index is -0.688. The SMILES string of the molecule is CC12CCC3C(CCC4CC(CC(=O)O)=CCC43C)C1CCC2O. The zero-order valence-corrected chi connectivity index (χ0v) is 15.1. The maximum atomic E-state index is 11.1. The summed E-state index contributed by atoms with van der Waals surface area (Å²) < 4.78 is 0.